The molecule has 0 aliphatic heterocycles. The number of nitrogens with two attached hydrogens (primary N) is 1. The van der Waals surface area contributed by atoms with Crippen LogP contribution in [0.2, 0.25) is 0 Å². The van der Waals surface area contributed by atoms with E-state index in [1.54, 1.807) is 12.1 Å². The number of halogens is 2. The molecule has 0 fully saturated rings. The van der Waals surface area contributed by atoms with Gasteiger partial charge in [-0.15, -0.1) is 0 Å². The van der Waals surface area contributed by atoms with Gasteiger partial charge in [-0.2, -0.15) is 0 Å². The molecule has 0 aromatic heterocycles. The Morgan fingerprint density at radius 1 is 1.21 bits per heavy atom. The molecule has 0 heterocycles. The lowest BCUT2D eigenvalue weighted by Gasteiger charge is -2.11. The lowest BCUT2D eigenvalue weighted by molar-refractivity contribution is 0.304. The highest BCUT2D eigenvalue weighted by atomic mass is 127. The zero-order valence-electron chi connectivity index (χ0n) is 9.90. The molecule has 2 rings (SSSR count). The summed E-state index contributed by atoms with van der Waals surface area (Å²) >= 11 is 7.07. The Labute approximate surface area is 129 Å². The van der Waals surface area contributed by atoms with Gasteiger partial charge < -0.3 is 10.5 Å². The first-order valence-corrected chi connectivity index (χ1v) is 7.02. The Balaban J connectivity index is 2.18. The van der Waals surface area contributed by atoms with Crippen LogP contribution < -0.4 is 10.5 Å². The molecule has 98 valence electrons. The van der Waals surface area contributed by atoms with Gasteiger partial charge in [-0.3, -0.25) is 0 Å². The van der Waals surface area contributed by atoms with Crippen molar-refractivity contribution in [2.75, 3.05) is 0 Å². The van der Waals surface area contributed by atoms with E-state index in [-0.39, 0.29) is 10.6 Å². The standard InChI is InChI=1S/C14H11FINOS/c15-11-2-1-3-12(13(11)14(17)19)18-8-9-4-6-10(16)7-5-9/h1-7H,8H2,(H2,17,19). The number of hydrogen-bond donors (Lipinski definition) is 1. The van der Waals surface area contributed by atoms with Crippen LogP contribution in [-0.2, 0) is 6.61 Å². The van der Waals surface area contributed by atoms with Crippen LogP contribution in [0.4, 0.5) is 4.39 Å². The average molecular weight is 387 g/mol. The summed E-state index contributed by atoms with van der Waals surface area (Å²) in [7, 11) is 0. The maximum atomic E-state index is 13.6. The van der Waals surface area contributed by atoms with Crippen LogP contribution in [0.15, 0.2) is 42.5 Å². The maximum Gasteiger partial charge on any atom is 0.137 e. The first-order valence-electron chi connectivity index (χ1n) is 5.53. The average Bonchev–Trinajstić information content (AvgIpc) is 2.37. The zero-order valence-corrected chi connectivity index (χ0v) is 12.9. The molecule has 0 saturated heterocycles. The van der Waals surface area contributed by atoms with Crippen LogP contribution in [0.3, 0.4) is 0 Å². The Morgan fingerprint density at radius 3 is 2.53 bits per heavy atom. The van der Waals surface area contributed by atoms with Crippen molar-refractivity contribution in [3.8, 4) is 5.75 Å². The fourth-order valence-electron chi connectivity index (χ4n) is 1.61. The molecule has 0 unspecified atom stereocenters. The number of benzene rings is 2. The second kappa shape index (κ2) is 6.29. The molecule has 2 aromatic carbocycles. The van der Waals surface area contributed by atoms with E-state index in [9.17, 15) is 4.39 Å². The highest BCUT2D eigenvalue weighted by Crippen LogP contribution is 2.22. The van der Waals surface area contributed by atoms with Gasteiger partial charge in [0.25, 0.3) is 0 Å². The van der Waals surface area contributed by atoms with Crippen molar-refractivity contribution >= 4 is 39.8 Å². The predicted octanol–water partition coefficient (Wildman–Crippen LogP) is 3.64. The second-order valence-electron chi connectivity index (χ2n) is 3.89. The monoisotopic (exact) mass is 387 g/mol. The molecule has 5 heteroatoms. The van der Waals surface area contributed by atoms with Gasteiger partial charge >= 0.3 is 0 Å². The van der Waals surface area contributed by atoms with E-state index in [1.807, 2.05) is 24.3 Å². The van der Waals surface area contributed by atoms with Crippen molar-refractivity contribution in [3.05, 3.63) is 63.0 Å². The number of hydrogen-bond acceptors (Lipinski definition) is 2. The van der Waals surface area contributed by atoms with Crippen molar-refractivity contribution in [1.82, 2.24) is 0 Å². The van der Waals surface area contributed by atoms with Crippen LogP contribution in [0, 0.1) is 9.39 Å². The fourth-order valence-corrected chi connectivity index (χ4v) is 2.16. The van der Waals surface area contributed by atoms with E-state index >= 15 is 0 Å². The number of ether oxygens (including phenoxy) is 1. The quantitative estimate of drug-likeness (QED) is 0.643. The number of thiocarbonyl (C=S) groups is 1. The molecule has 0 aliphatic rings. The van der Waals surface area contributed by atoms with Gasteiger partial charge in [0.15, 0.2) is 0 Å². The Bertz CT molecular complexity index is 601. The van der Waals surface area contributed by atoms with E-state index in [1.165, 1.54) is 6.07 Å². The Kier molecular flexibility index (Phi) is 4.71. The van der Waals surface area contributed by atoms with Crippen LogP contribution in [-0.4, -0.2) is 4.99 Å². The first-order chi connectivity index (χ1) is 9.08. The molecule has 0 spiro atoms. The van der Waals surface area contributed by atoms with Gasteiger partial charge in [-0.05, 0) is 52.4 Å². The fraction of sp³-hybridized carbons (Fsp3) is 0.0714. The minimum absolute atomic E-state index is 0.00397. The highest BCUT2D eigenvalue weighted by Gasteiger charge is 2.12. The van der Waals surface area contributed by atoms with Crippen LogP contribution in [0.5, 0.6) is 5.75 Å². The normalized spacial score (nSPS) is 10.2. The molecule has 0 aliphatic carbocycles. The summed E-state index contributed by atoms with van der Waals surface area (Å²) in [5, 5.41) is 0. The summed E-state index contributed by atoms with van der Waals surface area (Å²) in [5.74, 6) is -0.0985. The minimum Gasteiger partial charge on any atom is -0.488 e. The Morgan fingerprint density at radius 2 is 1.89 bits per heavy atom. The molecule has 2 nitrogen and oxygen atoms in total. The summed E-state index contributed by atoms with van der Waals surface area (Å²) in [4.78, 5) is -0.00397. The van der Waals surface area contributed by atoms with Gasteiger partial charge in [0.1, 0.15) is 23.2 Å². The summed E-state index contributed by atoms with van der Waals surface area (Å²) < 4.78 is 20.4. The first kappa shape index (κ1) is 14.2. The third-order valence-electron chi connectivity index (χ3n) is 2.53. The van der Waals surface area contributed by atoms with Gasteiger partial charge in [0.2, 0.25) is 0 Å². The van der Waals surface area contributed by atoms with Crippen LogP contribution >= 0.6 is 34.8 Å². The molecular weight excluding hydrogens is 376 g/mol. The van der Waals surface area contributed by atoms with E-state index < -0.39 is 5.82 Å². The van der Waals surface area contributed by atoms with Crippen molar-refractivity contribution in [1.29, 1.82) is 0 Å². The predicted molar refractivity (Wildman–Crippen MR) is 85.8 cm³/mol. The Hall–Kier alpha value is -1.21. The third-order valence-corrected chi connectivity index (χ3v) is 3.45. The van der Waals surface area contributed by atoms with E-state index in [2.05, 4.69) is 22.6 Å². The van der Waals surface area contributed by atoms with Crippen molar-refractivity contribution in [2.24, 2.45) is 5.73 Å². The van der Waals surface area contributed by atoms with Gasteiger partial charge in [-0.1, -0.05) is 30.4 Å². The van der Waals surface area contributed by atoms with Crippen molar-refractivity contribution < 1.29 is 9.13 Å². The molecule has 0 amide bonds. The lowest BCUT2D eigenvalue weighted by Crippen LogP contribution is -2.14. The summed E-state index contributed by atoms with van der Waals surface area (Å²) in [6.07, 6.45) is 0. The maximum absolute atomic E-state index is 13.6. The van der Waals surface area contributed by atoms with Gasteiger partial charge in [0.05, 0.1) is 5.56 Å². The summed E-state index contributed by atoms with van der Waals surface area (Å²) in [6, 6.07) is 12.4. The molecule has 2 aromatic rings. The topological polar surface area (TPSA) is 35.2 Å². The number of rotatable bonds is 4. The molecule has 2 N–H and O–H groups in total. The van der Waals surface area contributed by atoms with Crippen molar-refractivity contribution in [3.63, 3.8) is 0 Å². The van der Waals surface area contributed by atoms with Gasteiger partial charge in [0, 0.05) is 3.57 Å². The molecule has 0 saturated carbocycles. The molecular formula is C14H11FINOS. The molecule has 0 atom stereocenters. The molecule has 0 radical (unpaired) electrons. The molecule has 19 heavy (non-hydrogen) atoms. The lowest BCUT2D eigenvalue weighted by atomic mass is 10.2. The SMILES string of the molecule is NC(=S)c1c(F)cccc1OCc1ccc(I)cc1. The van der Waals surface area contributed by atoms with Crippen LogP contribution in [0.25, 0.3) is 0 Å². The van der Waals surface area contributed by atoms with E-state index in [4.69, 9.17) is 22.7 Å². The highest BCUT2D eigenvalue weighted by molar-refractivity contribution is 14.1. The molecule has 0 bridgehead atoms. The van der Waals surface area contributed by atoms with Crippen molar-refractivity contribution in [2.45, 2.75) is 6.61 Å². The van der Waals surface area contributed by atoms with Gasteiger partial charge in [-0.25, -0.2) is 4.39 Å². The smallest absolute Gasteiger partial charge is 0.137 e. The zero-order chi connectivity index (χ0) is 13.8. The minimum atomic E-state index is -0.465. The second-order valence-corrected chi connectivity index (χ2v) is 5.58. The largest absolute Gasteiger partial charge is 0.488 e. The summed E-state index contributed by atoms with van der Waals surface area (Å²) in [6.45, 7) is 0.343. The van der Waals surface area contributed by atoms with Crippen LogP contribution in [0.1, 0.15) is 11.1 Å². The van der Waals surface area contributed by atoms with E-state index in [0.29, 0.717) is 12.4 Å². The van der Waals surface area contributed by atoms with E-state index in [0.717, 1.165) is 9.13 Å². The summed E-state index contributed by atoms with van der Waals surface area (Å²) in [5.41, 5.74) is 6.67. The third kappa shape index (κ3) is 3.63.